The highest BCUT2D eigenvalue weighted by Crippen LogP contribution is 2.38. The van der Waals surface area contributed by atoms with Crippen molar-refractivity contribution in [2.75, 3.05) is 6.26 Å². The molecule has 1 aliphatic carbocycles. The van der Waals surface area contributed by atoms with Crippen LogP contribution in [-0.2, 0) is 16.3 Å². The molecule has 1 aliphatic rings. The third kappa shape index (κ3) is 2.65. The first-order valence-electron chi connectivity index (χ1n) is 7.04. The summed E-state index contributed by atoms with van der Waals surface area (Å²) in [6.45, 7) is 0. The summed E-state index contributed by atoms with van der Waals surface area (Å²) < 4.78 is 43.3. The zero-order valence-electron chi connectivity index (χ0n) is 12.6. The van der Waals surface area contributed by atoms with Gasteiger partial charge in [0.05, 0.1) is 10.5 Å². The number of carbonyl (C=O) groups excluding carboxylic acids is 1. The molecule has 0 aliphatic heterocycles. The molecule has 0 bridgehead atoms. The van der Waals surface area contributed by atoms with Crippen LogP contribution in [0.3, 0.4) is 0 Å². The minimum atomic E-state index is -3.68. The SMILES string of the molecule is CS(=O)(=O)c1ccc(Oc2ccccc2C#N)c2c1C(=O)C(F)C2. The number of halogens is 1. The second-order valence-electron chi connectivity index (χ2n) is 5.43. The van der Waals surface area contributed by atoms with E-state index in [4.69, 9.17) is 10.00 Å². The number of nitriles is 1. The quantitative estimate of drug-likeness (QED) is 0.854. The van der Waals surface area contributed by atoms with E-state index < -0.39 is 21.8 Å². The molecule has 0 saturated heterocycles. The Hall–Kier alpha value is -2.72. The fourth-order valence-electron chi connectivity index (χ4n) is 2.68. The van der Waals surface area contributed by atoms with Gasteiger partial charge in [-0.3, -0.25) is 4.79 Å². The summed E-state index contributed by atoms with van der Waals surface area (Å²) >= 11 is 0. The average molecular weight is 345 g/mol. The van der Waals surface area contributed by atoms with Gasteiger partial charge in [0.2, 0.25) is 0 Å². The van der Waals surface area contributed by atoms with Crippen LogP contribution < -0.4 is 4.74 Å². The number of alkyl halides is 1. The molecule has 0 heterocycles. The summed E-state index contributed by atoms with van der Waals surface area (Å²) in [6, 6.07) is 11.1. The molecule has 0 spiro atoms. The number of nitrogens with zero attached hydrogens (tertiary/aromatic N) is 1. The highest BCUT2D eigenvalue weighted by molar-refractivity contribution is 7.90. The van der Waals surface area contributed by atoms with E-state index in [9.17, 15) is 17.6 Å². The number of rotatable bonds is 3. The lowest BCUT2D eigenvalue weighted by molar-refractivity contribution is 0.0896. The summed E-state index contributed by atoms with van der Waals surface area (Å²) in [7, 11) is -3.68. The summed E-state index contributed by atoms with van der Waals surface area (Å²) in [5.41, 5.74) is 0.333. The van der Waals surface area contributed by atoms with Gasteiger partial charge in [-0.15, -0.1) is 0 Å². The second-order valence-corrected chi connectivity index (χ2v) is 7.42. The standard InChI is InChI=1S/C17H12FNO4S/c1-24(21,22)15-7-6-14(11-8-12(18)17(20)16(11)15)23-13-5-3-2-4-10(13)9-19/h2-7,12H,8H2,1H3. The molecular weight excluding hydrogens is 333 g/mol. The maximum atomic E-state index is 13.9. The molecule has 0 N–H and O–H groups in total. The number of ketones is 1. The van der Waals surface area contributed by atoms with E-state index >= 15 is 0 Å². The highest BCUT2D eigenvalue weighted by atomic mass is 32.2. The summed E-state index contributed by atoms with van der Waals surface area (Å²) in [5, 5.41) is 9.10. The Balaban J connectivity index is 2.16. The third-order valence-electron chi connectivity index (χ3n) is 3.77. The first-order chi connectivity index (χ1) is 11.3. The van der Waals surface area contributed by atoms with Crippen LogP contribution in [0.5, 0.6) is 11.5 Å². The minimum absolute atomic E-state index is 0.156. The van der Waals surface area contributed by atoms with Gasteiger partial charge in [0.15, 0.2) is 21.8 Å². The van der Waals surface area contributed by atoms with Gasteiger partial charge < -0.3 is 4.74 Å². The molecule has 5 nitrogen and oxygen atoms in total. The van der Waals surface area contributed by atoms with Crippen LogP contribution in [0.4, 0.5) is 4.39 Å². The van der Waals surface area contributed by atoms with Gasteiger partial charge in [-0.05, 0) is 24.3 Å². The summed E-state index contributed by atoms with van der Waals surface area (Å²) in [4.78, 5) is 11.8. The zero-order valence-corrected chi connectivity index (χ0v) is 13.4. The van der Waals surface area contributed by atoms with Crippen LogP contribution in [0, 0.1) is 11.3 Å². The van der Waals surface area contributed by atoms with Crippen molar-refractivity contribution in [3.05, 3.63) is 53.1 Å². The Bertz CT molecular complexity index is 992. The number of hydrogen-bond donors (Lipinski definition) is 0. The van der Waals surface area contributed by atoms with E-state index in [-0.39, 0.29) is 39.5 Å². The molecule has 1 unspecified atom stereocenters. The maximum Gasteiger partial charge on any atom is 0.198 e. The first kappa shape index (κ1) is 16.1. The van der Waals surface area contributed by atoms with E-state index in [2.05, 4.69) is 0 Å². The number of sulfone groups is 1. The van der Waals surface area contributed by atoms with Crippen LogP contribution >= 0.6 is 0 Å². The molecule has 7 heteroatoms. The topological polar surface area (TPSA) is 84.2 Å². The fraction of sp³-hybridized carbons (Fsp3) is 0.176. The number of Topliss-reactive ketones (excluding diaryl/α,β-unsaturated/α-hetero) is 1. The van der Waals surface area contributed by atoms with Crippen molar-refractivity contribution in [2.24, 2.45) is 0 Å². The molecule has 0 radical (unpaired) electrons. The molecular formula is C17H12FNO4S. The molecule has 2 aromatic rings. The number of benzene rings is 2. The zero-order chi connectivity index (χ0) is 17.5. The van der Waals surface area contributed by atoms with Crippen LogP contribution in [0.1, 0.15) is 21.5 Å². The molecule has 0 saturated carbocycles. The van der Waals surface area contributed by atoms with Gasteiger partial charge in [-0.1, -0.05) is 12.1 Å². The van der Waals surface area contributed by atoms with Crippen molar-refractivity contribution in [2.45, 2.75) is 17.5 Å². The monoisotopic (exact) mass is 345 g/mol. The Morgan fingerprint density at radius 3 is 2.58 bits per heavy atom. The van der Waals surface area contributed by atoms with E-state index in [1.54, 1.807) is 24.3 Å². The minimum Gasteiger partial charge on any atom is -0.456 e. The van der Waals surface area contributed by atoms with Gasteiger partial charge in [0.25, 0.3) is 0 Å². The van der Waals surface area contributed by atoms with Crippen molar-refractivity contribution < 1.29 is 22.3 Å². The van der Waals surface area contributed by atoms with E-state index in [0.29, 0.717) is 0 Å². The number of carbonyl (C=O) groups is 1. The average Bonchev–Trinajstić information content (AvgIpc) is 2.83. The van der Waals surface area contributed by atoms with Crippen molar-refractivity contribution in [1.29, 1.82) is 5.26 Å². The predicted molar refractivity (Wildman–Crippen MR) is 83.7 cm³/mol. The Labute approximate surface area is 138 Å². The molecule has 0 fully saturated rings. The van der Waals surface area contributed by atoms with Crippen molar-refractivity contribution in [3.8, 4) is 17.6 Å². The van der Waals surface area contributed by atoms with Gasteiger partial charge >= 0.3 is 0 Å². The van der Waals surface area contributed by atoms with Gasteiger partial charge in [-0.2, -0.15) is 5.26 Å². The number of para-hydroxylation sites is 1. The fourth-order valence-corrected chi connectivity index (χ4v) is 3.59. The first-order valence-corrected chi connectivity index (χ1v) is 8.93. The normalized spacial score (nSPS) is 16.5. The highest BCUT2D eigenvalue weighted by Gasteiger charge is 2.37. The van der Waals surface area contributed by atoms with Gasteiger partial charge in [-0.25, -0.2) is 12.8 Å². The largest absolute Gasteiger partial charge is 0.456 e. The molecule has 122 valence electrons. The summed E-state index contributed by atoms with van der Waals surface area (Å²) in [6.07, 6.45) is -1.08. The second kappa shape index (κ2) is 5.73. The molecule has 1 atom stereocenters. The molecule has 3 rings (SSSR count). The van der Waals surface area contributed by atoms with Gasteiger partial charge in [0.1, 0.15) is 17.6 Å². The predicted octanol–water partition coefficient (Wildman–Crippen LogP) is 2.83. The van der Waals surface area contributed by atoms with Crippen LogP contribution in [0.15, 0.2) is 41.3 Å². The Morgan fingerprint density at radius 1 is 1.21 bits per heavy atom. The maximum absolute atomic E-state index is 13.9. The van der Waals surface area contributed by atoms with Crippen LogP contribution in [-0.4, -0.2) is 26.6 Å². The molecule has 0 amide bonds. The lowest BCUT2D eigenvalue weighted by Crippen LogP contribution is -2.12. The lowest BCUT2D eigenvalue weighted by Gasteiger charge is -2.13. The third-order valence-corrected chi connectivity index (χ3v) is 4.91. The molecule has 2 aromatic carbocycles. The lowest BCUT2D eigenvalue weighted by atomic mass is 10.1. The Morgan fingerprint density at radius 2 is 1.92 bits per heavy atom. The summed E-state index contributed by atoms with van der Waals surface area (Å²) in [5.74, 6) is -0.429. The number of ether oxygens (including phenoxy) is 1. The number of fused-ring (bicyclic) bond motifs is 1. The van der Waals surface area contributed by atoms with Crippen LogP contribution in [0.2, 0.25) is 0 Å². The Kier molecular flexibility index (Phi) is 3.85. The van der Waals surface area contributed by atoms with E-state index in [1.165, 1.54) is 12.1 Å². The van der Waals surface area contributed by atoms with E-state index in [0.717, 1.165) is 6.26 Å². The van der Waals surface area contributed by atoms with Crippen molar-refractivity contribution in [1.82, 2.24) is 0 Å². The van der Waals surface area contributed by atoms with Crippen molar-refractivity contribution in [3.63, 3.8) is 0 Å². The van der Waals surface area contributed by atoms with Crippen molar-refractivity contribution >= 4 is 15.6 Å². The van der Waals surface area contributed by atoms with E-state index in [1.807, 2.05) is 6.07 Å². The number of hydrogen-bond acceptors (Lipinski definition) is 5. The molecule has 24 heavy (non-hydrogen) atoms. The van der Waals surface area contributed by atoms with Crippen LogP contribution in [0.25, 0.3) is 0 Å². The smallest absolute Gasteiger partial charge is 0.198 e. The van der Waals surface area contributed by atoms with Gasteiger partial charge in [0, 0.05) is 23.8 Å². The molecule has 0 aromatic heterocycles.